The number of aromatic carboxylic acids is 2. The first kappa shape index (κ1) is 17.9. The van der Waals surface area contributed by atoms with E-state index < -0.39 is 29.0 Å². The smallest absolute Gasteiger partial charge is 0.270 e. The maximum atomic E-state index is 12.7. The monoisotopic (exact) mass is 387 g/mol. The number of hydrogen-bond acceptors (Lipinski definition) is 8. The molecule has 0 aliphatic carbocycles. The van der Waals surface area contributed by atoms with Crippen molar-refractivity contribution in [2.24, 2.45) is 0 Å². The van der Waals surface area contributed by atoms with Crippen LogP contribution in [0.25, 0.3) is 6.08 Å². The quantitative estimate of drug-likeness (QED) is 0.557. The van der Waals surface area contributed by atoms with E-state index in [4.69, 9.17) is 16.6 Å². The number of furan rings is 1. The highest BCUT2D eigenvalue weighted by atomic mass is 32.2. The summed E-state index contributed by atoms with van der Waals surface area (Å²) >= 11 is 6.18. The van der Waals surface area contributed by atoms with E-state index in [-0.39, 0.29) is 14.9 Å². The number of carbonyl (C=O) groups excluding carboxylic acids is 3. The molecule has 2 heterocycles. The molecule has 1 aliphatic rings. The van der Waals surface area contributed by atoms with Gasteiger partial charge in [0.15, 0.2) is 4.32 Å². The van der Waals surface area contributed by atoms with Gasteiger partial charge in [-0.3, -0.25) is 9.69 Å². The largest absolute Gasteiger partial charge is 0.545 e. The molecule has 1 saturated heterocycles. The molecule has 3 rings (SSSR count). The van der Waals surface area contributed by atoms with Crippen LogP contribution in [0.15, 0.2) is 39.7 Å². The Morgan fingerprint density at radius 1 is 1.15 bits per heavy atom. The number of hydrogen-bond donors (Lipinski definition) is 0. The van der Waals surface area contributed by atoms with Crippen LogP contribution in [0.2, 0.25) is 0 Å². The first-order valence-corrected chi connectivity index (χ1v) is 8.41. The van der Waals surface area contributed by atoms with Gasteiger partial charge in [-0.25, -0.2) is 0 Å². The maximum absolute atomic E-state index is 12.7. The molecule has 0 radical (unpaired) electrons. The molecule has 132 valence electrons. The Morgan fingerprint density at radius 2 is 1.77 bits per heavy atom. The number of nitrogens with zero attached hydrogens (tertiary/aromatic N) is 1. The molecular formula is C17H9NO6S2-2. The molecule has 0 saturated carbocycles. The van der Waals surface area contributed by atoms with Crippen molar-refractivity contribution in [1.29, 1.82) is 0 Å². The summed E-state index contributed by atoms with van der Waals surface area (Å²) in [7, 11) is 0. The molecule has 1 aromatic carbocycles. The second-order valence-corrected chi connectivity index (χ2v) is 6.98. The number of carboxylic acids is 2. The van der Waals surface area contributed by atoms with Crippen LogP contribution in [-0.4, -0.2) is 22.2 Å². The van der Waals surface area contributed by atoms with Gasteiger partial charge in [0, 0.05) is 6.08 Å². The zero-order valence-corrected chi connectivity index (χ0v) is 14.8. The van der Waals surface area contributed by atoms with Gasteiger partial charge in [0.25, 0.3) is 5.91 Å². The van der Waals surface area contributed by atoms with Crippen molar-refractivity contribution in [3.05, 3.63) is 57.9 Å². The second-order valence-electron chi connectivity index (χ2n) is 5.31. The number of thiocarbonyl (C=S) groups is 1. The third-order valence-corrected chi connectivity index (χ3v) is 4.78. The zero-order chi connectivity index (χ0) is 19.0. The van der Waals surface area contributed by atoms with Crippen LogP contribution in [0.5, 0.6) is 0 Å². The molecule has 26 heavy (non-hydrogen) atoms. The Balaban J connectivity index is 2.03. The molecule has 7 nitrogen and oxygen atoms in total. The van der Waals surface area contributed by atoms with Gasteiger partial charge in [-0.05, 0) is 48.4 Å². The van der Waals surface area contributed by atoms with Gasteiger partial charge in [-0.15, -0.1) is 0 Å². The Bertz CT molecular complexity index is 959. The van der Waals surface area contributed by atoms with Gasteiger partial charge in [-0.1, -0.05) is 24.0 Å². The topological polar surface area (TPSA) is 114 Å². The van der Waals surface area contributed by atoms with Crippen molar-refractivity contribution in [1.82, 2.24) is 0 Å². The van der Waals surface area contributed by atoms with Crippen LogP contribution >= 0.6 is 24.0 Å². The lowest BCUT2D eigenvalue weighted by atomic mass is 10.1. The standard InChI is InChI=1S/C17H11NO6S2/c1-8-2-3-12(24-8)7-13-14(19)18(17(25)26-13)11-5-9(15(20)21)4-10(6-11)16(22)23/h2-7H,1H3,(H,20,21)(H,22,23)/p-2/b13-7+. The summed E-state index contributed by atoms with van der Waals surface area (Å²) in [5, 5.41) is 22.2. The average Bonchev–Trinajstić information content (AvgIpc) is 3.10. The zero-order valence-electron chi connectivity index (χ0n) is 13.2. The molecule has 1 aliphatic heterocycles. The van der Waals surface area contributed by atoms with E-state index in [2.05, 4.69) is 0 Å². The van der Waals surface area contributed by atoms with Gasteiger partial charge in [0.05, 0.1) is 22.5 Å². The normalized spacial score (nSPS) is 15.7. The summed E-state index contributed by atoms with van der Waals surface area (Å²) in [6.07, 6.45) is 1.51. The van der Waals surface area contributed by atoms with Crippen LogP contribution in [0.4, 0.5) is 5.69 Å². The highest BCUT2D eigenvalue weighted by Crippen LogP contribution is 2.36. The van der Waals surface area contributed by atoms with Gasteiger partial charge in [0.2, 0.25) is 0 Å². The lowest BCUT2D eigenvalue weighted by molar-refractivity contribution is -0.255. The number of anilines is 1. The molecule has 9 heteroatoms. The van der Waals surface area contributed by atoms with Crippen LogP contribution in [0, 0.1) is 6.92 Å². The number of rotatable bonds is 4. The van der Waals surface area contributed by atoms with Crippen molar-refractivity contribution in [2.75, 3.05) is 4.90 Å². The summed E-state index contributed by atoms with van der Waals surface area (Å²) in [4.78, 5) is 36.2. The van der Waals surface area contributed by atoms with E-state index in [1.54, 1.807) is 19.1 Å². The van der Waals surface area contributed by atoms with Gasteiger partial charge < -0.3 is 24.2 Å². The lowest BCUT2D eigenvalue weighted by Gasteiger charge is -2.18. The Hall–Kier alpha value is -2.91. The summed E-state index contributed by atoms with van der Waals surface area (Å²) in [6, 6.07) is 6.56. The highest BCUT2D eigenvalue weighted by molar-refractivity contribution is 8.27. The van der Waals surface area contributed by atoms with E-state index >= 15 is 0 Å². The second kappa shape index (κ2) is 6.77. The molecule has 1 fully saturated rings. The molecule has 1 aromatic heterocycles. The van der Waals surface area contributed by atoms with Crippen LogP contribution in [0.1, 0.15) is 32.2 Å². The Labute approximate surface area is 156 Å². The van der Waals surface area contributed by atoms with Gasteiger partial charge >= 0.3 is 0 Å². The van der Waals surface area contributed by atoms with E-state index in [0.717, 1.165) is 34.9 Å². The highest BCUT2D eigenvalue weighted by Gasteiger charge is 2.34. The summed E-state index contributed by atoms with van der Waals surface area (Å²) < 4.78 is 5.52. The number of benzene rings is 1. The van der Waals surface area contributed by atoms with E-state index in [0.29, 0.717) is 11.5 Å². The minimum Gasteiger partial charge on any atom is -0.545 e. The maximum Gasteiger partial charge on any atom is 0.270 e. The first-order chi connectivity index (χ1) is 12.3. The number of aryl methyl sites for hydroxylation is 1. The van der Waals surface area contributed by atoms with Crippen molar-refractivity contribution >= 4 is 57.9 Å². The van der Waals surface area contributed by atoms with Crippen molar-refractivity contribution in [3.63, 3.8) is 0 Å². The third-order valence-electron chi connectivity index (χ3n) is 3.48. The van der Waals surface area contributed by atoms with Crippen molar-refractivity contribution in [3.8, 4) is 0 Å². The van der Waals surface area contributed by atoms with Crippen molar-refractivity contribution < 1.29 is 29.0 Å². The number of amides is 1. The third kappa shape index (κ3) is 3.39. The lowest BCUT2D eigenvalue weighted by Crippen LogP contribution is -2.30. The first-order valence-electron chi connectivity index (χ1n) is 7.18. The van der Waals surface area contributed by atoms with Crippen LogP contribution < -0.4 is 15.1 Å². The fourth-order valence-electron chi connectivity index (χ4n) is 2.33. The van der Waals surface area contributed by atoms with E-state index in [1.807, 2.05) is 0 Å². The minimum atomic E-state index is -1.58. The Kier molecular flexibility index (Phi) is 4.66. The molecule has 0 unspecified atom stereocenters. The molecule has 2 aromatic rings. The average molecular weight is 387 g/mol. The number of thioether (sulfide) groups is 1. The molecule has 0 atom stereocenters. The molecule has 0 spiro atoms. The predicted molar refractivity (Wildman–Crippen MR) is 94.2 cm³/mol. The Morgan fingerprint density at radius 3 is 2.27 bits per heavy atom. The molecule has 0 bridgehead atoms. The molecule has 1 amide bonds. The summed E-state index contributed by atoms with van der Waals surface area (Å²) in [6.45, 7) is 1.76. The fourth-order valence-corrected chi connectivity index (χ4v) is 3.61. The SMILES string of the molecule is Cc1ccc(/C=C2/SC(=S)N(c3cc(C(=O)[O-])cc(C(=O)[O-])c3)C2=O)o1. The van der Waals surface area contributed by atoms with Crippen LogP contribution in [0.3, 0.4) is 0 Å². The number of carboxylic acid groups (broad SMARTS) is 2. The minimum absolute atomic E-state index is 0.00688. The van der Waals surface area contributed by atoms with E-state index in [1.165, 1.54) is 6.08 Å². The summed E-state index contributed by atoms with van der Waals surface area (Å²) in [5.74, 6) is -2.55. The molecular weight excluding hydrogens is 378 g/mol. The number of carbonyl (C=O) groups is 3. The molecule has 0 N–H and O–H groups in total. The van der Waals surface area contributed by atoms with Gasteiger partial charge in [0.1, 0.15) is 11.5 Å². The van der Waals surface area contributed by atoms with E-state index in [9.17, 15) is 24.6 Å². The van der Waals surface area contributed by atoms with Crippen molar-refractivity contribution in [2.45, 2.75) is 6.92 Å². The predicted octanol–water partition coefficient (Wildman–Crippen LogP) is 0.721. The summed E-state index contributed by atoms with van der Waals surface area (Å²) in [5.41, 5.74) is -0.796. The fraction of sp³-hybridized carbons (Fsp3) is 0.0588. The van der Waals surface area contributed by atoms with Gasteiger partial charge in [-0.2, -0.15) is 0 Å². The van der Waals surface area contributed by atoms with Crippen LogP contribution in [-0.2, 0) is 4.79 Å².